The highest BCUT2D eigenvalue weighted by Crippen LogP contribution is 2.22. The number of nitrogens with one attached hydrogen (secondary N) is 2. The zero-order chi connectivity index (χ0) is 21.5. The lowest BCUT2D eigenvalue weighted by molar-refractivity contribution is -0.384. The van der Waals surface area contributed by atoms with Crippen molar-refractivity contribution in [3.8, 4) is 0 Å². The van der Waals surface area contributed by atoms with Gasteiger partial charge in [0, 0.05) is 64.1 Å². The lowest BCUT2D eigenvalue weighted by Gasteiger charge is -2.34. The molecule has 0 atom stereocenters. The second-order valence-corrected chi connectivity index (χ2v) is 7.45. The Morgan fingerprint density at radius 2 is 1.67 bits per heavy atom. The summed E-state index contributed by atoms with van der Waals surface area (Å²) < 4.78 is 0. The number of likely N-dealkylation sites (N-methyl/N-ethyl adjacent to an activating group) is 1. The van der Waals surface area contributed by atoms with Crippen LogP contribution in [-0.4, -0.2) is 60.4 Å². The molecule has 1 fully saturated rings. The first-order valence-corrected chi connectivity index (χ1v) is 10.3. The second-order valence-electron chi connectivity index (χ2n) is 7.45. The number of nitro groups is 1. The van der Waals surface area contributed by atoms with Gasteiger partial charge in [0.05, 0.1) is 10.5 Å². The first kappa shape index (κ1) is 21.7. The third-order valence-electron chi connectivity index (χ3n) is 5.52. The molecule has 0 aliphatic carbocycles. The fourth-order valence-electron chi connectivity index (χ4n) is 3.61. The van der Waals surface area contributed by atoms with Gasteiger partial charge in [0.1, 0.15) is 0 Å². The number of hydrogen-bond acceptors (Lipinski definition) is 6. The van der Waals surface area contributed by atoms with E-state index in [1.165, 1.54) is 17.7 Å². The molecule has 2 aromatic rings. The van der Waals surface area contributed by atoms with Crippen LogP contribution in [0.3, 0.4) is 0 Å². The van der Waals surface area contributed by atoms with Crippen LogP contribution >= 0.6 is 0 Å². The van der Waals surface area contributed by atoms with Crippen molar-refractivity contribution < 1.29 is 9.72 Å². The van der Waals surface area contributed by atoms with Gasteiger partial charge >= 0.3 is 0 Å². The summed E-state index contributed by atoms with van der Waals surface area (Å²) in [5.41, 5.74) is 2.94. The molecule has 0 unspecified atom stereocenters. The van der Waals surface area contributed by atoms with Crippen LogP contribution in [0.1, 0.15) is 28.4 Å². The molecule has 1 amide bonds. The number of piperazine rings is 1. The number of benzene rings is 2. The molecular weight excluding hydrogens is 382 g/mol. The number of rotatable bonds is 8. The number of carbonyl (C=O) groups is 1. The summed E-state index contributed by atoms with van der Waals surface area (Å²) >= 11 is 0. The van der Waals surface area contributed by atoms with Gasteiger partial charge in [-0.05, 0) is 23.7 Å². The van der Waals surface area contributed by atoms with Gasteiger partial charge in [-0.15, -0.1) is 0 Å². The summed E-state index contributed by atoms with van der Waals surface area (Å²) in [7, 11) is 1.68. The molecule has 0 aromatic heterocycles. The van der Waals surface area contributed by atoms with Gasteiger partial charge in [0.15, 0.2) is 0 Å². The maximum atomic E-state index is 12.6. The first-order valence-electron chi connectivity index (χ1n) is 10.3. The third kappa shape index (κ3) is 5.55. The lowest BCUT2D eigenvalue weighted by Crippen LogP contribution is -2.45. The van der Waals surface area contributed by atoms with E-state index >= 15 is 0 Å². The van der Waals surface area contributed by atoms with E-state index in [-0.39, 0.29) is 17.2 Å². The Hall–Kier alpha value is -2.97. The number of nitrogens with zero attached hydrogens (tertiary/aromatic N) is 3. The fourth-order valence-corrected chi connectivity index (χ4v) is 3.61. The Balaban J connectivity index is 1.55. The molecule has 0 bridgehead atoms. The molecule has 8 heteroatoms. The standard InChI is InChI=1S/C22H29N5O3/c1-3-25-10-12-26(13-11-25)16-18-6-4-17(5-7-18)15-24-22(28)20-14-19(27(29)30)8-9-21(20)23-2/h4-9,14,23H,3,10-13,15-16H2,1-2H3,(H,24,28). The molecule has 1 heterocycles. The van der Waals surface area contributed by atoms with Crippen molar-refractivity contribution in [1.82, 2.24) is 15.1 Å². The number of amides is 1. The summed E-state index contributed by atoms with van der Waals surface area (Å²) in [5, 5.41) is 16.8. The minimum absolute atomic E-state index is 0.108. The van der Waals surface area contributed by atoms with Gasteiger partial charge in [-0.1, -0.05) is 31.2 Å². The van der Waals surface area contributed by atoms with Gasteiger partial charge in [-0.2, -0.15) is 0 Å². The molecule has 1 aliphatic heterocycles. The minimum atomic E-state index is -0.503. The van der Waals surface area contributed by atoms with E-state index in [0.29, 0.717) is 12.2 Å². The summed E-state index contributed by atoms with van der Waals surface area (Å²) in [6.07, 6.45) is 0. The van der Waals surface area contributed by atoms with Crippen molar-refractivity contribution in [1.29, 1.82) is 0 Å². The molecular formula is C22H29N5O3. The Kier molecular flexibility index (Phi) is 7.37. The smallest absolute Gasteiger partial charge is 0.270 e. The largest absolute Gasteiger partial charge is 0.387 e. The van der Waals surface area contributed by atoms with Crippen LogP contribution in [-0.2, 0) is 13.1 Å². The molecule has 0 saturated carbocycles. The average molecular weight is 412 g/mol. The minimum Gasteiger partial charge on any atom is -0.387 e. The monoisotopic (exact) mass is 411 g/mol. The maximum Gasteiger partial charge on any atom is 0.270 e. The predicted molar refractivity (Wildman–Crippen MR) is 118 cm³/mol. The topological polar surface area (TPSA) is 90.8 Å². The highest BCUT2D eigenvalue weighted by atomic mass is 16.6. The molecule has 0 radical (unpaired) electrons. The van der Waals surface area contributed by atoms with Crippen molar-refractivity contribution in [2.24, 2.45) is 0 Å². The van der Waals surface area contributed by atoms with E-state index in [2.05, 4.69) is 39.5 Å². The van der Waals surface area contributed by atoms with Crippen LogP contribution < -0.4 is 10.6 Å². The summed E-state index contributed by atoms with van der Waals surface area (Å²) in [5.74, 6) is -0.346. The van der Waals surface area contributed by atoms with Gasteiger partial charge in [-0.3, -0.25) is 19.8 Å². The fraction of sp³-hybridized carbons (Fsp3) is 0.409. The Morgan fingerprint density at radius 3 is 2.27 bits per heavy atom. The average Bonchev–Trinajstić information content (AvgIpc) is 2.78. The van der Waals surface area contributed by atoms with E-state index in [0.717, 1.165) is 44.8 Å². The van der Waals surface area contributed by atoms with Crippen LogP contribution in [0.25, 0.3) is 0 Å². The van der Waals surface area contributed by atoms with Crippen molar-refractivity contribution in [3.63, 3.8) is 0 Å². The molecule has 160 valence electrons. The summed E-state index contributed by atoms with van der Waals surface area (Å²) in [6.45, 7) is 9.01. The molecule has 8 nitrogen and oxygen atoms in total. The third-order valence-corrected chi connectivity index (χ3v) is 5.52. The first-order chi connectivity index (χ1) is 14.5. The molecule has 3 rings (SSSR count). The molecule has 2 N–H and O–H groups in total. The lowest BCUT2D eigenvalue weighted by atomic mass is 10.1. The van der Waals surface area contributed by atoms with Crippen LogP contribution in [0.15, 0.2) is 42.5 Å². The second kappa shape index (κ2) is 10.2. The van der Waals surface area contributed by atoms with E-state index in [1.54, 1.807) is 13.1 Å². The van der Waals surface area contributed by atoms with Crippen molar-refractivity contribution in [3.05, 3.63) is 69.3 Å². The van der Waals surface area contributed by atoms with Crippen LogP contribution in [0, 0.1) is 10.1 Å². The molecule has 0 spiro atoms. The van der Waals surface area contributed by atoms with Crippen LogP contribution in [0.2, 0.25) is 0 Å². The van der Waals surface area contributed by atoms with Crippen LogP contribution in [0.4, 0.5) is 11.4 Å². The van der Waals surface area contributed by atoms with E-state index < -0.39 is 4.92 Å². The number of hydrogen-bond donors (Lipinski definition) is 2. The molecule has 1 saturated heterocycles. The summed E-state index contributed by atoms with van der Waals surface area (Å²) in [4.78, 5) is 28.0. The number of carbonyl (C=O) groups excluding carboxylic acids is 1. The van der Waals surface area contributed by atoms with Gasteiger partial charge in [0.25, 0.3) is 11.6 Å². The van der Waals surface area contributed by atoms with Crippen LogP contribution in [0.5, 0.6) is 0 Å². The zero-order valence-corrected chi connectivity index (χ0v) is 17.6. The van der Waals surface area contributed by atoms with Crippen molar-refractivity contribution >= 4 is 17.3 Å². The van der Waals surface area contributed by atoms with Gasteiger partial charge < -0.3 is 15.5 Å². The Labute approximate surface area is 177 Å². The number of anilines is 1. The Bertz CT molecular complexity index is 877. The highest BCUT2D eigenvalue weighted by molar-refractivity contribution is 6.00. The summed E-state index contributed by atoms with van der Waals surface area (Å²) in [6, 6.07) is 12.4. The predicted octanol–water partition coefficient (Wildman–Crippen LogP) is 2.70. The molecule has 30 heavy (non-hydrogen) atoms. The highest BCUT2D eigenvalue weighted by Gasteiger charge is 2.17. The van der Waals surface area contributed by atoms with E-state index in [4.69, 9.17) is 0 Å². The number of nitro benzene ring substituents is 1. The normalized spacial score (nSPS) is 15.0. The van der Waals surface area contributed by atoms with Crippen molar-refractivity contribution in [2.75, 3.05) is 45.1 Å². The molecule has 1 aliphatic rings. The Morgan fingerprint density at radius 1 is 1.03 bits per heavy atom. The maximum absolute atomic E-state index is 12.6. The van der Waals surface area contributed by atoms with Gasteiger partial charge in [0.2, 0.25) is 0 Å². The van der Waals surface area contributed by atoms with Gasteiger partial charge in [-0.25, -0.2) is 0 Å². The van der Waals surface area contributed by atoms with E-state index in [1.807, 2.05) is 12.1 Å². The van der Waals surface area contributed by atoms with E-state index in [9.17, 15) is 14.9 Å². The number of non-ortho nitro benzene ring substituents is 1. The quantitative estimate of drug-likeness (QED) is 0.513. The SMILES string of the molecule is CCN1CCN(Cc2ccc(CNC(=O)c3cc([N+](=O)[O-])ccc3NC)cc2)CC1. The van der Waals surface area contributed by atoms with Crippen molar-refractivity contribution in [2.45, 2.75) is 20.0 Å². The zero-order valence-electron chi connectivity index (χ0n) is 17.6. The molecule has 2 aromatic carbocycles.